The highest BCUT2D eigenvalue weighted by atomic mass is 16.1. The van der Waals surface area contributed by atoms with E-state index in [2.05, 4.69) is 0 Å². The first-order valence-electron chi connectivity index (χ1n) is 4.53. The van der Waals surface area contributed by atoms with E-state index in [1.165, 1.54) is 0 Å². The molecule has 0 spiro atoms. The second kappa shape index (κ2) is 4.29. The smallest absolute Gasteiger partial charge is 0.162 e. The topological polar surface area (TPSA) is 43.1 Å². The summed E-state index contributed by atoms with van der Waals surface area (Å²) in [6.07, 6.45) is 3.30. The number of nitrogens with two attached hydrogens (primary N) is 1. The minimum absolute atomic E-state index is 0.163. The van der Waals surface area contributed by atoms with E-state index in [-0.39, 0.29) is 11.2 Å². The SMILES string of the molecule is CC.CC1(C)CCC(N)=CC1=O. The molecule has 0 fully saturated rings. The van der Waals surface area contributed by atoms with Gasteiger partial charge in [0.1, 0.15) is 0 Å². The first-order chi connectivity index (χ1) is 5.52. The van der Waals surface area contributed by atoms with Gasteiger partial charge >= 0.3 is 0 Å². The molecule has 0 saturated heterocycles. The zero-order chi connectivity index (χ0) is 9.78. The second-order valence-electron chi connectivity index (χ2n) is 3.47. The van der Waals surface area contributed by atoms with Crippen molar-refractivity contribution in [2.45, 2.75) is 40.5 Å². The van der Waals surface area contributed by atoms with Gasteiger partial charge in [0.15, 0.2) is 5.78 Å². The molecular formula is C10H19NO. The third-order valence-electron chi connectivity index (χ3n) is 2.02. The second-order valence-corrected chi connectivity index (χ2v) is 3.47. The molecule has 0 aromatic heterocycles. The summed E-state index contributed by atoms with van der Waals surface area (Å²) in [6, 6.07) is 0. The van der Waals surface area contributed by atoms with Crippen molar-refractivity contribution in [1.29, 1.82) is 0 Å². The standard InChI is InChI=1S/C8H13NO.C2H6/c1-8(2)4-3-6(9)5-7(8)10;1-2/h5H,3-4,9H2,1-2H3;1-2H3. The van der Waals surface area contributed by atoms with Gasteiger partial charge in [0, 0.05) is 17.2 Å². The molecule has 1 aliphatic carbocycles. The molecule has 0 saturated carbocycles. The minimum Gasteiger partial charge on any atom is -0.402 e. The molecule has 0 heterocycles. The van der Waals surface area contributed by atoms with Gasteiger partial charge in [-0.2, -0.15) is 0 Å². The normalized spacial score (nSPS) is 20.7. The predicted molar refractivity (Wildman–Crippen MR) is 51.6 cm³/mol. The van der Waals surface area contributed by atoms with E-state index in [9.17, 15) is 4.79 Å². The molecule has 2 heteroatoms. The van der Waals surface area contributed by atoms with Crippen LogP contribution in [-0.4, -0.2) is 5.78 Å². The Morgan fingerprint density at radius 3 is 2.25 bits per heavy atom. The molecule has 12 heavy (non-hydrogen) atoms. The summed E-state index contributed by atoms with van der Waals surface area (Å²) in [5.74, 6) is 0.163. The molecule has 0 radical (unpaired) electrons. The molecule has 0 unspecified atom stereocenters. The van der Waals surface area contributed by atoms with Gasteiger partial charge in [0.05, 0.1) is 0 Å². The molecule has 0 atom stereocenters. The highest BCUT2D eigenvalue weighted by Gasteiger charge is 2.28. The van der Waals surface area contributed by atoms with Crippen molar-refractivity contribution < 1.29 is 4.79 Å². The van der Waals surface area contributed by atoms with Gasteiger partial charge in [-0.15, -0.1) is 0 Å². The number of carbonyl (C=O) groups excluding carboxylic acids is 1. The van der Waals surface area contributed by atoms with E-state index in [0.717, 1.165) is 18.5 Å². The lowest BCUT2D eigenvalue weighted by atomic mass is 9.79. The number of rotatable bonds is 0. The van der Waals surface area contributed by atoms with Crippen LogP contribution in [0.1, 0.15) is 40.5 Å². The summed E-state index contributed by atoms with van der Waals surface area (Å²) in [6.45, 7) is 7.91. The Balaban J connectivity index is 0.000000561. The largest absolute Gasteiger partial charge is 0.402 e. The van der Waals surface area contributed by atoms with Gasteiger partial charge in [0.25, 0.3) is 0 Å². The molecule has 2 N–H and O–H groups in total. The fourth-order valence-electron chi connectivity index (χ4n) is 1.02. The fraction of sp³-hybridized carbons (Fsp3) is 0.700. The van der Waals surface area contributed by atoms with Crippen molar-refractivity contribution >= 4 is 5.78 Å². The van der Waals surface area contributed by atoms with Crippen LogP contribution in [0.5, 0.6) is 0 Å². The first kappa shape index (κ1) is 11.2. The third kappa shape index (κ3) is 2.68. The first-order valence-corrected chi connectivity index (χ1v) is 4.53. The van der Waals surface area contributed by atoms with E-state index in [1.54, 1.807) is 6.08 Å². The summed E-state index contributed by atoms with van der Waals surface area (Å²) < 4.78 is 0. The zero-order valence-electron chi connectivity index (χ0n) is 8.48. The molecule has 0 bridgehead atoms. The van der Waals surface area contributed by atoms with Crippen LogP contribution >= 0.6 is 0 Å². The highest BCUT2D eigenvalue weighted by molar-refractivity contribution is 5.95. The van der Waals surface area contributed by atoms with E-state index in [4.69, 9.17) is 5.73 Å². The lowest BCUT2D eigenvalue weighted by molar-refractivity contribution is -0.123. The molecular weight excluding hydrogens is 150 g/mol. The highest BCUT2D eigenvalue weighted by Crippen LogP contribution is 2.29. The van der Waals surface area contributed by atoms with Crippen molar-refractivity contribution in [2.24, 2.45) is 11.1 Å². The van der Waals surface area contributed by atoms with Crippen LogP contribution in [0.15, 0.2) is 11.8 Å². The van der Waals surface area contributed by atoms with Crippen LogP contribution in [0, 0.1) is 5.41 Å². The lowest BCUT2D eigenvalue weighted by Crippen LogP contribution is -2.27. The molecule has 2 nitrogen and oxygen atoms in total. The van der Waals surface area contributed by atoms with E-state index < -0.39 is 0 Å². The van der Waals surface area contributed by atoms with Crippen LogP contribution in [0.25, 0.3) is 0 Å². The minimum atomic E-state index is -0.178. The van der Waals surface area contributed by atoms with Crippen LogP contribution in [0.2, 0.25) is 0 Å². The van der Waals surface area contributed by atoms with Gasteiger partial charge in [0.2, 0.25) is 0 Å². The van der Waals surface area contributed by atoms with Crippen LogP contribution < -0.4 is 5.73 Å². The van der Waals surface area contributed by atoms with Crippen molar-refractivity contribution in [3.63, 3.8) is 0 Å². The maximum absolute atomic E-state index is 11.2. The van der Waals surface area contributed by atoms with E-state index >= 15 is 0 Å². The van der Waals surface area contributed by atoms with Gasteiger partial charge in [-0.3, -0.25) is 4.79 Å². The Morgan fingerprint density at radius 1 is 1.42 bits per heavy atom. The van der Waals surface area contributed by atoms with Crippen molar-refractivity contribution in [3.8, 4) is 0 Å². The van der Waals surface area contributed by atoms with Crippen LogP contribution in [0.4, 0.5) is 0 Å². The molecule has 0 aliphatic heterocycles. The quantitative estimate of drug-likeness (QED) is 0.604. The van der Waals surface area contributed by atoms with Gasteiger partial charge in [-0.25, -0.2) is 0 Å². The van der Waals surface area contributed by atoms with Crippen LogP contribution in [0.3, 0.4) is 0 Å². The number of hydrogen-bond donors (Lipinski definition) is 1. The molecule has 1 rings (SSSR count). The Labute approximate surface area is 74.8 Å². The Morgan fingerprint density at radius 2 is 1.92 bits per heavy atom. The van der Waals surface area contributed by atoms with E-state index in [1.807, 2.05) is 27.7 Å². The number of hydrogen-bond acceptors (Lipinski definition) is 2. The van der Waals surface area contributed by atoms with Crippen molar-refractivity contribution in [3.05, 3.63) is 11.8 Å². The summed E-state index contributed by atoms with van der Waals surface area (Å²) in [5, 5.41) is 0. The molecule has 0 aromatic carbocycles. The Hall–Kier alpha value is -0.790. The molecule has 0 aromatic rings. The lowest BCUT2D eigenvalue weighted by Gasteiger charge is -2.25. The van der Waals surface area contributed by atoms with Crippen molar-refractivity contribution in [1.82, 2.24) is 0 Å². The van der Waals surface area contributed by atoms with Gasteiger partial charge in [-0.05, 0) is 12.8 Å². The molecule has 70 valence electrons. The molecule has 0 amide bonds. The maximum Gasteiger partial charge on any atom is 0.162 e. The third-order valence-corrected chi connectivity index (χ3v) is 2.02. The average molecular weight is 169 g/mol. The summed E-state index contributed by atoms with van der Waals surface area (Å²) in [5.41, 5.74) is 6.04. The predicted octanol–water partition coefficient (Wildman–Crippen LogP) is 2.24. The van der Waals surface area contributed by atoms with Gasteiger partial charge < -0.3 is 5.73 Å². The summed E-state index contributed by atoms with van der Waals surface area (Å²) in [7, 11) is 0. The summed E-state index contributed by atoms with van der Waals surface area (Å²) >= 11 is 0. The van der Waals surface area contributed by atoms with Gasteiger partial charge in [-0.1, -0.05) is 27.7 Å². The van der Waals surface area contributed by atoms with Crippen molar-refractivity contribution in [2.75, 3.05) is 0 Å². The fourth-order valence-corrected chi connectivity index (χ4v) is 1.02. The van der Waals surface area contributed by atoms with E-state index in [0.29, 0.717) is 0 Å². The Bertz CT molecular complexity index is 192. The Kier molecular flexibility index (Phi) is 4.01. The zero-order valence-corrected chi connectivity index (χ0v) is 8.48. The number of ketones is 1. The maximum atomic E-state index is 11.2. The van der Waals surface area contributed by atoms with Crippen LogP contribution in [-0.2, 0) is 4.79 Å². The number of allylic oxidation sites excluding steroid dienone is 2. The number of carbonyl (C=O) groups is 1. The average Bonchev–Trinajstić information content (AvgIpc) is 2.03. The molecule has 1 aliphatic rings. The summed E-state index contributed by atoms with van der Waals surface area (Å²) in [4.78, 5) is 11.2. The monoisotopic (exact) mass is 169 g/mol.